The second kappa shape index (κ2) is 9.38. The van der Waals surface area contributed by atoms with Gasteiger partial charge in [-0.05, 0) is 36.8 Å². The van der Waals surface area contributed by atoms with E-state index in [1.165, 1.54) is 7.11 Å². The molecular formula is C20H23N3O4. The van der Waals surface area contributed by atoms with Crippen LogP contribution in [0.2, 0.25) is 0 Å². The fourth-order valence-corrected chi connectivity index (χ4v) is 2.37. The number of methoxy groups -OCH3 is 1. The molecule has 0 bridgehead atoms. The smallest absolute Gasteiger partial charge is 0.325 e. The van der Waals surface area contributed by atoms with Gasteiger partial charge in [0.25, 0.3) is 5.91 Å². The standard InChI is InChI=1S/C20H23N3O4/c1-14(15-7-5-4-6-8-15)23(2)20(26)22-17-11-9-16(10-12-17)19(25)21-13-18(24)27-3/h4-12,14H,13H2,1-3H3,(H,21,25)(H,22,26)/t14-/m1/s1. The van der Waals surface area contributed by atoms with Crippen molar-refractivity contribution in [1.82, 2.24) is 10.2 Å². The molecule has 2 aromatic rings. The van der Waals surface area contributed by atoms with Gasteiger partial charge in [-0.25, -0.2) is 4.79 Å². The van der Waals surface area contributed by atoms with E-state index in [9.17, 15) is 14.4 Å². The quantitative estimate of drug-likeness (QED) is 0.767. The summed E-state index contributed by atoms with van der Waals surface area (Å²) in [5.74, 6) is -0.920. The molecule has 7 nitrogen and oxygen atoms in total. The van der Waals surface area contributed by atoms with E-state index in [-0.39, 0.29) is 18.6 Å². The van der Waals surface area contributed by atoms with Crippen LogP contribution in [-0.4, -0.2) is 43.5 Å². The van der Waals surface area contributed by atoms with Gasteiger partial charge in [-0.3, -0.25) is 9.59 Å². The third kappa shape index (κ3) is 5.57. The van der Waals surface area contributed by atoms with Crippen LogP contribution < -0.4 is 10.6 Å². The molecule has 1 atom stereocenters. The van der Waals surface area contributed by atoms with Gasteiger partial charge < -0.3 is 20.3 Å². The Labute approximate surface area is 158 Å². The fraction of sp³-hybridized carbons (Fsp3) is 0.250. The molecule has 0 radical (unpaired) electrons. The molecule has 0 heterocycles. The Kier molecular flexibility index (Phi) is 6.93. The minimum Gasteiger partial charge on any atom is -0.468 e. The van der Waals surface area contributed by atoms with Crippen LogP contribution in [0.15, 0.2) is 54.6 Å². The van der Waals surface area contributed by atoms with Gasteiger partial charge in [0.1, 0.15) is 6.54 Å². The Bertz CT molecular complexity index is 791. The summed E-state index contributed by atoms with van der Waals surface area (Å²) in [4.78, 5) is 37.0. The topological polar surface area (TPSA) is 87.7 Å². The van der Waals surface area contributed by atoms with Gasteiger partial charge >= 0.3 is 12.0 Å². The number of amides is 3. The first-order valence-electron chi connectivity index (χ1n) is 8.46. The van der Waals surface area contributed by atoms with Gasteiger partial charge in [0.2, 0.25) is 0 Å². The summed E-state index contributed by atoms with van der Waals surface area (Å²) in [6.45, 7) is 1.75. The molecule has 0 spiro atoms. The number of carbonyl (C=O) groups is 3. The Balaban J connectivity index is 1.94. The van der Waals surface area contributed by atoms with Crippen molar-refractivity contribution in [2.24, 2.45) is 0 Å². The highest BCUT2D eigenvalue weighted by Crippen LogP contribution is 2.19. The molecule has 2 N–H and O–H groups in total. The zero-order valence-electron chi connectivity index (χ0n) is 15.6. The largest absolute Gasteiger partial charge is 0.468 e. The molecule has 0 saturated carbocycles. The van der Waals surface area contributed by atoms with Gasteiger partial charge in [0.15, 0.2) is 0 Å². The van der Waals surface area contributed by atoms with Gasteiger partial charge in [0.05, 0.1) is 13.2 Å². The van der Waals surface area contributed by atoms with Gasteiger partial charge in [-0.15, -0.1) is 0 Å². The number of nitrogens with one attached hydrogen (secondary N) is 2. The predicted octanol–water partition coefficient (Wildman–Crippen LogP) is 2.81. The third-order valence-corrected chi connectivity index (χ3v) is 4.20. The Morgan fingerprint density at radius 3 is 2.26 bits per heavy atom. The highest BCUT2D eigenvalue weighted by Gasteiger charge is 2.17. The number of anilines is 1. The molecule has 0 aliphatic carbocycles. The van der Waals surface area contributed by atoms with E-state index in [0.717, 1.165) is 5.56 Å². The molecule has 0 saturated heterocycles. The van der Waals surface area contributed by atoms with Crippen LogP contribution in [0.1, 0.15) is 28.9 Å². The summed E-state index contributed by atoms with van der Waals surface area (Å²) in [6, 6.07) is 15.8. The highest BCUT2D eigenvalue weighted by atomic mass is 16.5. The lowest BCUT2D eigenvalue weighted by molar-refractivity contribution is -0.139. The van der Waals surface area contributed by atoms with Crippen LogP contribution in [0.5, 0.6) is 0 Å². The van der Waals surface area contributed by atoms with Crippen LogP contribution in [0.4, 0.5) is 10.5 Å². The van der Waals surface area contributed by atoms with Crippen LogP contribution in [-0.2, 0) is 9.53 Å². The van der Waals surface area contributed by atoms with Crippen molar-refractivity contribution in [2.45, 2.75) is 13.0 Å². The molecule has 0 fully saturated rings. The van der Waals surface area contributed by atoms with E-state index in [1.807, 2.05) is 37.3 Å². The number of urea groups is 1. The SMILES string of the molecule is COC(=O)CNC(=O)c1ccc(NC(=O)N(C)[C@H](C)c2ccccc2)cc1. The molecule has 0 unspecified atom stereocenters. The number of hydrogen-bond donors (Lipinski definition) is 2. The van der Waals surface area contributed by atoms with Crippen molar-refractivity contribution in [3.05, 3.63) is 65.7 Å². The van der Waals surface area contributed by atoms with Crippen molar-refractivity contribution in [3.8, 4) is 0 Å². The normalized spacial score (nSPS) is 11.2. The maximum Gasteiger partial charge on any atom is 0.325 e. The number of rotatable bonds is 6. The van der Waals surface area contributed by atoms with E-state index in [0.29, 0.717) is 11.3 Å². The first-order chi connectivity index (χ1) is 12.9. The number of esters is 1. The van der Waals surface area contributed by atoms with Crippen molar-refractivity contribution < 1.29 is 19.1 Å². The number of nitrogens with zero attached hydrogens (tertiary/aromatic N) is 1. The average molecular weight is 369 g/mol. The Hall–Kier alpha value is -3.35. The first kappa shape index (κ1) is 20.0. The van der Waals surface area contributed by atoms with Crippen molar-refractivity contribution in [2.75, 3.05) is 26.0 Å². The molecule has 0 aromatic heterocycles. The number of hydrogen-bond acceptors (Lipinski definition) is 4. The number of benzene rings is 2. The van der Waals surface area contributed by atoms with Crippen LogP contribution in [0.3, 0.4) is 0 Å². The second-order valence-electron chi connectivity index (χ2n) is 5.96. The van der Waals surface area contributed by atoms with Gasteiger partial charge in [-0.2, -0.15) is 0 Å². The van der Waals surface area contributed by atoms with Crippen LogP contribution >= 0.6 is 0 Å². The summed E-state index contributed by atoms with van der Waals surface area (Å²) in [5.41, 5.74) is 1.98. The van der Waals surface area contributed by atoms with E-state index < -0.39 is 11.9 Å². The molecule has 142 valence electrons. The third-order valence-electron chi connectivity index (χ3n) is 4.20. The maximum atomic E-state index is 12.4. The molecule has 27 heavy (non-hydrogen) atoms. The minimum absolute atomic E-state index is 0.0884. The van der Waals surface area contributed by atoms with Crippen LogP contribution in [0.25, 0.3) is 0 Å². The van der Waals surface area contributed by atoms with Crippen molar-refractivity contribution in [3.63, 3.8) is 0 Å². The molecule has 0 aliphatic heterocycles. The molecule has 2 rings (SSSR count). The summed E-state index contributed by atoms with van der Waals surface area (Å²) in [5, 5.41) is 5.25. The van der Waals surface area contributed by atoms with Gasteiger partial charge in [-0.1, -0.05) is 30.3 Å². The molecule has 2 aromatic carbocycles. The molecule has 0 aliphatic rings. The van der Waals surface area contributed by atoms with Crippen molar-refractivity contribution in [1.29, 1.82) is 0 Å². The van der Waals surface area contributed by atoms with Crippen molar-refractivity contribution >= 4 is 23.6 Å². The summed E-state index contributed by atoms with van der Waals surface area (Å²) in [7, 11) is 2.98. The molecule has 7 heteroatoms. The Morgan fingerprint density at radius 1 is 1.04 bits per heavy atom. The first-order valence-corrected chi connectivity index (χ1v) is 8.46. The maximum absolute atomic E-state index is 12.4. The van der Waals surface area contributed by atoms with E-state index in [2.05, 4.69) is 15.4 Å². The average Bonchev–Trinajstić information content (AvgIpc) is 2.71. The van der Waals surface area contributed by atoms with Gasteiger partial charge in [0, 0.05) is 18.3 Å². The lowest BCUT2D eigenvalue weighted by atomic mass is 10.1. The fourth-order valence-electron chi connectivity index (χ4n) is 2.37. The van der Waals surface area contributed by atoms with Crippen LogP contribution in [0, 0.1) is 0 Å². The molecular weight excluding hydrogens is 346 g/mol. The summed E-state index contributed by atoms with van der Waals surface area (Å²) >= 11 is 0. The monoisotopic (exact) mass is 369 g/mol. The summed E-state index contributed by atoms with van der Waals surface area (Å²) < 4.78 is 4.47. The highest BCUT2D eigenvalue weighted by molar-refractivity contribution is 5.97. The number of carbonyl (C=O) groups excluding carboxylic acids is 3. The van der Waals surface area contributed by atoms with E-state index in [4.69, 9.17) is 0 Å². The minimum atomic E-state index is -0.525. The predicted molar refractivity (Wildman–Crippen MR) is 102 cm³/mol. The second-order valence-corrected chi connectivity index (χ2v) is 5.96. The lowest BCUT2D eigenvalue weighted by Crippen LogP contribution is -2.33. The van der Waals surface area contributed by atoms with E-state index in [1.54, 1.807) is 36.2 Å². The molecule has 3 amide bonds. The van der Waals surface area contributed by atoms with E-state index >= 15 is 0 Å². The summed E-state index contributed by atoms with van der Waals surface area (Å²) in [6.07, 6.45) is 0. The zero-order chi connectivity index (χ0) is 19.8. The zero-order valence-corrected chi connectivity index (χ0v) is 15.6. The Morgan fingerprint density at radius 2 is 1.67 bits per heavy atom. The lowest BCUT2D eigenvalue weighted by Gasteiger charge is -2.25. The number of ether oxygens (including phenoxy) is 1.